The highest BCUT2D eigenvalue weighted by atomic mass is 16.7. The monoisotopic (exact) mass is 395 g/mol. The van der Waals surface area contributed by atoms with E-state index in [0.29, 0.717) is 0 Å². The number of rotatable bonds is 5. The van der Waals surface area contributed by atoms with Crippen molar-refractivity contribution in [3.63, 3.8) is 0 Å². The summed E-state index contributed by atoms with van der Waals surface area (Å²) in [6.45, 7) is 0.745. The number of hydrogen-bond donors (Lipinski definition) is 0. The van der Waals surface area contributed by atoms with E-state index in [9.17, 15) is 0 Å². The molecule has 4 heteroatoms. The zero-order chi connectivity index (χ0) is 20.4. The van der Waals surface area contributed by atoms with Crippen LogP contribution in [0.1, 0.15) is 23.1 Å². The molecule has 1 saturated heterocycles. The van der Waals surface area contributed by atoms with Gasteiger partial charge in [0.15, 0.2) is 0 Å². The molecule has 5 rings (SSSR count). The molecule has 3 aromatic carbocycles. The van der Waals surface area contributed by atoms with Crippen molar-refractivity contribution in [3.8, 4) is 0 Å². The minimum atomic E-state index is -0.576. The summed E-state index contributed by atoms with van der Waals surface area (Å²) in [5, 5.41) is 2.06. The van der Waals surface area contributed by atoms with Crippen LogP contribution in [0.4, 0.5) is 0 Å². The second kappa shape index (κ2) is 7.56. The maximum absolute atomic E-state index is 6.84. The third-order valence-corrected chi connectivity index (χ3v) is 6.23. The van der Waals surface area contributed by atoms with Crippen molar-refractivity contribution in [2.24, 2.45) is 0 Å². The summed E-state index contributed by atoms with van der Waals surface area (Å²) >= 11 is 0. The van der Waals surface area contributed by atoms with Crippen molar-refractivity contribution in [1.82, 2.24) is 14.6 Å². The maximum Gasteiger partial charge on any atom is 0.142 e. The number of likely N-dealkylation sites (N-methyl/N-ethyl adjacent to an activating group) is 1. The summed E-state index contributed by atoms with van der Waals surface area (Å²) in [7, 11) is 2.05. The normalized spacial score (nSPS) is 21.0. The zero-order valence-electron chi connectivity index (χ0n) is 17.1. The highest BCUT2D eigenvalue weighted by molar-refractivity contribution is 5.40. The standard InChI is InChI=1S/C26H25N3O/c1-28-25(20-29-18-17-27-21-29,22-11-5-2-6-12-22)19-26(30-28,23-13-7-3-8-14-23)24-15-9-4-10-16-24/h2-18,21H,19-20H2,1H3. The molecule has 0 bridgehead atoms. The molecular formula is C26H25N3O. The van der Waals surface area contributed by atoms with Crippen LogP contribution in [0.15, 0.2) is 110 Å². The van der Waals surface area contributed by atoms with Gasteiger partial charge in [0.2, 0.25) is 0 Å². The van der Waals surface area contributed by atoms with E-state index < -0.39 is 5.60 Å². The molecule has 1 aromatic heterocycles. The quantitative estimate of drug-likeness (QED) is 0.477. The van der Waals surface area contributed by atoms with E-state index in [2.05, 4.69) is 113 Å². The molecular weight excluding hydrogens is 370 g/mol. The Morgan fingerprint density at radius 3 is 1.83 bits per heavy atom. The summed E-state index contributed by atoms with van der Waals surface area (Å²) in [4.78, 5) is 11.1. The van der Waals surface area contributed by atoms with Crippen molar-refractivity contribution < 1.29 is 4.84 Å². The van der Waals surface area contributed by atoms with Crippen LogP contribution in [0, 0.1) is 0 Å². The smallest absolute Gasteiger partial charge is 0.142 e. The van der Waals surface area contributed by atoms with Crippen LogP contribution in [0.2, 0.25) is 0 Å². The van der Waals surface area contributed by atoms with Crippen molar-refractivity contribution in [3.05, 3.63) is 126 Å². The van der Waals surface area contributed by atoms with Gasteiger partial charge in [0, 0.05) is 32.4 Å². The molecule has 1 atom stereocenters. The maximum atomic E-state index is 6.84. The Balaban J connectivity index is 1.70. The summed E-state index contributed by atoms with van der Waals surface area (Å²) in [6.07, 6.45) is 6.51. The number of aromatic nitrogens is 2. The first-order valence-electron chi connectivity index (χ1n) is 10.3. The molecule has 0 spiro atoms. The third-order valence-electron chi connectivity index (χ3n) is 6.23. The second-order valence-corrected chi connectivity index (χ2v) is 7.96. The van der Waals surface area contributed by atoms with Gasteiger partial charge in [0.25, 0.3) is 0 Å². The molecule has 0 amide bonds. The Hall–Kier alpha value is -3.21. The zero-order valence-corrected chi connectivity index (χ0v) is 17.1. The molecule has 0 aliphatic carbocycles. The molecule has 30 heavy (non-hydrogen) atoms. The van der Waals surface area contributed by atoms with E-state index >= 15 is 0 Å². The van der Waals surface area contributed by atoms with E-state index in [4.69, 9.17) is 4.84 Å². The predicted molar refractivity (Wildman–Crippen MR) is 117 cm³/mol. The Bertz CT molecular complexity index is 1040. The van der Waals surface area contributed by atoms with Gasteiger partial charge in [-0.3, -0.25) is 4.84 Å². The molecule has 4 nitrogen and oxygen atoms in total. The SMILES string of the molecule is CN1OC(c2ccccc2)(c2ccccc2)CC1(Cn1ccnc1)c1ccccc1. The topological polar surface area (TPSA) is 30.3 Å². The Labute approximate surface area is 177 Å². The number of hydroxylamine groups is 2. The molecule has 1 unspecified atom stereocenters. The van der Waals surface area contributed by atoms with Gasteiger partial charge in [-0.05, 0) is 16.7 Å². The van der Waals surface area contributed by atoms with E-state index in [0.717, 1.165) is 24.1 Å². The minimum absolute atomic E-state index is 0.354. The third kappa shape index (κ3) is 3.05. The van der Waals surface area contributed by atoms with E-state index in [1.165, 1.54) is 5.56 Å². The first kappa shape index (κ1) is 18.8. The number of imidazole rings is 1. The first-order chi connectivity index (χ1) is 14.7. The number of benzene rings is 3. The Kier molecular flexibility index (Phi) is 4.74. The molecule has 1 aliphatic rings. The molecule has 0 saturated carbocycles. The fourth-order valence-electron chi connectivity index (χ4n) is 4.73. The molecule has 4 aromatic rings. The lowest BCUT2D eigenvalue weighted by molar-refractivity contribution is -0.202. The summed E-state index contributed by atoms with van der Waals surface area (Å²) in [5.74, 6) is 0. The molecule has 2 heterocycles. The van der Waals surface area contributed by atoms with Gasteiger partial charge >= 0.3 is 0 Å². The predicted octanol–water partition coefficient (Wildman–Crippen LogP) is 4.99. The van der Waals surface area contributed by atoms with Crippen LogP contribution in [-0.2, 0) is 22.5 Å². The van der Waals surface area contributed by atoms with Crippen LogP contribution < -0.4 is 0 Å². The Morgan fingerprint density at radius 2 is 1.33 bits per heavy atom. The van der Waals surface area contributed by atoms with Gasteiger partial charge in [0.1, 0.15) is 5.60 Å². The Morgan fingerprint density at radius 1 is 0.800 bits per heavy atom. The van der Waals surface area contributed by atoms with Crippen molar-refractivity contribution in [2.75, 3.05) is 7.05 Å². The molecule has 0 N–H and O–H groups in total. The fraction of sp³-hybridized carbons (Fsp3) is 0.192. The van der Waals surface area contributed by atoms with Crippen LogP contribution in [0.3, 0.4) is 0 Å². The van der Waals surface area contributed by atoms with Gasteiger partial charge in [0.05, 0.1) is 11.9 Å². The van der Waals surface area contributed by atoms with Gasteiger partial charge in [-0.15, -0.1) is 0 Å². The number of nitrogens with zero attached hydrogens (tertiary/aromatic N) is 3. The van der Waals surface area contributed by atoms with Gasteiger partial charge in [-0.2, -0.15) is 5.06 Å². The summed E-state index contributed by atoms with van der Waals surface area (Å²) < 4.78 is 2.14. The lowest BCUT2D eigenvalue weighted by atomic mass is 9.74. The fourth-order valence-corrected chi connectivity index (χ4v) is 4.73. The van der Waals surface area contributed by atoms with E-state index in [1.54, 1.807) is 0 Å². The first-order valence-corrected chi connectivity index (χ1v) is 10.3. The van der Waals surface area contributed by atoms with Gasteiger partial charge in [-0.25, -0.2) is 4.98 Å². The largest absolute Gasteiger partial charge is 0.335 e. The highest BCUT2D eigenvalue weighted by Gasteiger charge is 2.56. The summed E-state index contributed by atoms with van der Waals surface area (Å²) in [5.41, 5.74) is 2.62. The van der Waals surface area contributed by atoms with Crippen LogP contribution >= 0.6 is 0 Å². The molecule has 1 fully saturated rings. The lowest BCUT2D eigenvalue weighted by Crippen LogP contribution is -2.41. The minimum Gasteiger partial charge on any atom is -0.335 e. The highest BCUT2D eigenvalue weighted by Crippen LogP contribution is 2.53. The number of hydrogen-bond acceptors (Lipinski definition) is 3. The van der Waals surface area contributed by atoms with Gasteiger partial charge < -0.3 is 4.57 Å². The van der Waals surface area contributed by atoms with Crippen molar-refractivity contribution in [2.45, 2.75) is 24.1 Å². The van der Waals surface area contributed by atoms with E-state index in [-0.39, 0.29) is 5.54 Å². The van der Waals surface area contributed by atoms with Crippen molar-refractivity contribution in [1.29, 1.82) is 0 Å². The van der Waals surface area contributed by atoms with Crippen LogP contribution in [0.5, 0.6) is 0 Å². The molecule has 150 valence electrons. The van der Waals surface area contributed by atoms with Crippen LogP contribution in [0.25, 0.3) is 0 Å². The lowest BCUT2D eigenvalue weighted by Gasteiger charge is -2.34. The molecule has 0 radical (unpaired) electrons. The summed E-state index contributed by atoms with van der Waals surface area (Å²) in [6, 6.07) is 31.8. The van der Waals surface area contributed by atoms with Gasteiger partial charge in [-0.1, -0.05) is 91.0 Å². The van der Waals surface area contributed by atoms with E-state index in [1.807, 2.05) is 18.7 Å². The van der Waals surface area contributed by atoms with Crippen molar-refractivity contribution >= 4 is 0 Å². The molecule has 1 aliphatic heterocycles. The second-order valence-electron chi connectivity index (χ2n) is 7.96. The van der Waals surface area contributed by atoms with Crippen LogP contribution in [-0.4, -0.2) is 21.7 Å². The average molecular weight is 396 g/mol. The average Bonchev–Trinajstić information content (AvgIpc) is 3.43.